The molecule has 3 aliphatic rings. The fraction of sp³-hybridized carbons (Fsp3) is 0.526. The van der Waals surface area contributed by atoms with E-state index in [4.69, 9.17) is 9.94 Å². The van der Waals surface area contributed by atoms with Gasteiger partial charge < -0.3 is 10.4 Å². The largest absolute Gasteiger partial charge is 0.481 e. The maximum atomic E-state index is 11.1. The number of carbonyl (C=O) groups is 1. The summed E-state index contributed by atoms with van der Waals surface area (Å²) in [6.07, 6.45) is 10.3. The van der Waals surface area contributed by atoms with Crippen LogP contribution in [0.3, 0.4) is 0 Å². The molecule has 2 saturated carbocycles. The second-order valence-electron chi connectivity index (χ2n) is 7.77. The molecule has 0 saturated heterocycles. The molecule has 8 heteroatoms. The second-order valence-corrected chi connectivity index (χ2v) is 7.77. The Balaban J connectivity index is 1.52. The van der Waals surface area contributed by atoms with Gasteiger partial charge >= 0.3 is 5.97 Å². The number of pyridine rings is 1. The number of fused-ring (bicyclic) bond motifs is 1. The number of aromatic nitrogens is 3. The molecule has 2 aromatic rings. The van der Waals surface area contributed by atoms with Gasteiger partial charge in [0.05, 0.1) is 28.9 Å². The monoisotopic (exact) mass is 369 g/mol. The quantitative estimate of drug-likeness (QED) is 0.744. The van der Waals surface area contributed by atoms with E-state index in [1.807, 2.05) is 24.0 Å². The lowest BCUT2D eigenvalue weighted by Crippen LogP contribution is -2.39. The van der Waals surface area contributed by atoms with Gasteiger partial charge in [-0.2, -0.15) is 5.10 Å². The molecule has 0 unspecified atom stereocenters. The molecule has 0 bridgehead atoms. The first kappa shape index (κ1) is 16.6. The Kier molecular flexibility index (Phi) is 3.65. The van der Waals surface area contributed by atoms with Crippen molar-refractivity contribution in [1.82, 2.24) is 20.2 Å². The average molecular weight is 369 g/mol. The highest BCUT2D eigenvalue weighted by Gasteiger charge is 2.42. The van der Waals surface area contributed by atoms with E-state index in [0.717, 1.165) is 47.4 Å². The van der Waals surface area contributed by atoms with E-state index in [9.17, 15) is 4.79 Å². The first-order chi connectivity index (χ1) is 13.1. The van der Waals surface area contributed by atoms with Gasteiger partial charge in [0, 0.05) is 24.3 Å². The molecule has 0 radical (unpaired) electrons. The number of hydrogen-bond acceptors (Lipinski definition) is 6. The number of aliphatic carboxylic acids is 1. The number of hydroxylamine groups is 1. The highest BCUT2D eigenvalue weighted by Crippen LogP contribution is 2.43. The van der Waals surface area contributed by atoms with Gasteiger partial charge in [0.2, 0.25) is 0 Å². The van der Waals surface area contributed by atoms with Crippen LogP contribution in [-0.4, -0.2) is 37.5 Å². The van der Waals surface area contributed by atoms with Gasteiger partial charge in [-0.15, -0.1) is 0 Å². The fourth-order valence-corrected chi connectivity index (χ4v) is 4.14. The summed E-state index contributed by atoms with van der Waals surface area (Å²) in [4.78, 5) is 21.6. The molecule has 1 spiro atoms. The van der Waals surface area contributed by atoms with Gasteiger partial charge in [-0.1, -0.05) is 0 Å². The molecule has 142 valence electrons. The van der Waals surface area contributed by atoms with Crippen molar-refractivity contribution in [3.05, 3.63) is 24.0 Å². The molecule has 2 aliphatic carbocycles. The summed E-state index contributed by atoms with van der Waals surface area (Å²) in [7, 11) is 0. The Morgan fingerprint density at radius 3 is 2.89 bits per heavy atom. The minimum atomic E-state index is -0.715. The molecule has 27 heavy (non-hydrogen) atoms. The molecule has 5 rings (SSSR count). The summed E-state index contributed by atoms with van der Waals surface area (Å²) < 4.78 is 1.87. The number of carboxylic acid groups (broad SMARTS) is 1. The number of rotatable bonds is 5. The van der Waals surface area contributed by atoms with E-state index in [0.29, 0.717) is 12.8 Å². The number of nitrogens with zero attached hydrogens (tertiary/aromatic N) is 3. The summed E-state index contributed by atoms with van der Waals surface area (Å²) in [6, 6.07) is 0.140. The van der Waals surface area contributed by atoms with Crippen molar-refractivity contribution in [1.29, 1.82) is 0 Å². The molecule has 3 heterocycles. The van der Waals surface area contributed by atoms with E-state index in [1.54, 1.807) is 0 Å². The molecule has 1 aliphatic heterocycles. The van der Waals surface area contributed by atoms with E-state index in [1.165, 1.54) is 6.42 Å². The smallest absolute Gasteiger partial charge is 0.306 e. The predicted molar refractivity (Wildman–Crippen MR) is 99.8 cm³/mol. The van der Waals surface area contributed by atoms with Gasteiger partial charge in [0.1, 0.15) is 5.60 Å². The number of aryl methyl sites for hydroxylation is 1. The van der Waals surface area contributed by atoms with Gasteiger partial charge in [-0.05, 0) is 45.1 Å². The normalized spacial score (nSPS) is 25.6. The van der Waals surface area contributed by atoms with Crippen molar-refractivity contribution < 1.29 is 14.7 Å². The minimum absolute atomic E-state index is 0.140. The summed E-state index contributed by atoms with van der Waals surface area (Å²) in [5.74, 6) is -0.973. The summed E-state index contributed by atoms with van der Waals surface area (Å²) >= 11 is 0. The van der Waals surface area contributed by atoms with E-state index >= 15 is 0 Å². The van der Waals surface area contributed by atoms with Crippen LogP contribution < -0.4 is 10.8 Å². The van der Waals surface area contributed by atoms with Gasteiger partial charge in [-0.3, -0.25) is 15.1 Å². The topological polar surface area (TPSA) is 101 Å². The van der Waals surface area contributed by atoms with Crippen LogP contribution in [-0.2, 0) is 16.2 Å². The van der Waals surface area contributed by atoms with E-state index in [-0.39, 0.29) is 17.6 Å². The van der Waals surface area contributed by atoms with Crippen LogP contribution in [0.25, 0.3) is 16.7 Å². The highest BCUT2D eigenvalue weighted by atomic mass is 16.7. The molecular formula is C19H23N5O3. The highest BCUT2D eigenvalue weighted by molar-refractivity contribution is 5.96. The zero-order chi connectivity index (χ0) is 18.6. The third-order valence-corrected chi connectivity index (χ3v) is 6.06. The average Bonchev–Trinajstić information content (AvgIpc) is 3.21. The van der Waals surface area contributed by atoms with E-state index < -0.39 is 5.97 Å². The Morgan fingerprint density at radius 1 is 1.44 bits per heavy atom. The van der Waals surface area contributed by atoms with Crippen LogP contribution in [0.5, 0.6) is 0 Å². The zero-order valence-corrected chi connectivity index (χ0v) is 15.2. The SMILES string of the molecule is CCn1ncc2c(NC3CC(C(=O)O)C3)c(C3=CC4(CCC4)ON3)cnc21. The van der Waals surface area contributed by atoms with E-state index in [2.05, 4.69) is 27.0 Å². The number of nitrogens with one attached hydrogen (secondary N) is 2. The molecule has 2 aromatic heterocycles. The summed E-state index contributed by atoms with van der Waals surface area (Å²) in [5, 5.41) is 18.1. The standard InChI is InChI=1S/C19H23N5O3/c1-2-24-17-14(10-21-24)16(22-12-6-11(7-12)18(25)26)13(9-20-17)15-8-19(27-23-15)4-3-5-19/h8-12,23H,2-7H2,1H3,(H,20,22)(H,25,26). The Morgan fingerprint density at radius 2 is 2.26 bits per heavy atom. The van der Waals surface area contributed by atoms with Crippen LogP contribution in [0.1, 0.15) is 44.6 Å². The first-order valence-corrected chi connectivity index (χ1v) is 9.60. The lowest BCUT2D eigenvalue weighted by molar-refractivity contribution is -0.144. The van der Waals surface area contributed by atoms with Crippen molar-refractivity contribution in [2.45, 2.75) is 57.2 Å². The second kappa shape index (κ2) is 5.95. The molecule has 0 amide bonds. The summed E-state index contributed by atoms with van der Waals surface area (Å²) in [5.41, 5.74) is 6.55. The predicted octanol–water partition coefficient (Wildman–Crippen LogP) is 2.52. The molecule has 8 nitrogen and oxygen atoms in total. The third kappa shape index (κ3) is 2.58. The van der Waals surface area contributed by atoms with Crippen molar-refractivity contribution in [3.8, 4) is 0 Å². The number of carboxylic acids is 1. The van der Waals surface area contributed by atoms with Gasteiger partial charge in [-0.25, -0.2) is 9.67 Å². The molecule has 3 N–H and O–H groups in total. The van der Waals surface area contributed by atoms with Gasteiger partial charge in [0.15, 0.2) is 5.65 Å². The van der Waals surface area contributed by atoms with Crippen LogP contribution in [0.4, 0.5) is 5.69 Å². The third-order valence-electron chi connectivity index (χ3n) is 6.06. The Labute approximate surface area is 156 Å². The van der Waals surface area contributed by atoms with Crippen LogP contribution in [0, 0.1) is 5.92 Å². The lowest BCUT2D eigenvalue weighted by Gasteiger charge is -2.34. The Bertz CT molecular complexity index is 940. The van der Waals surface area contributed by atoms with Crippen LogP contribution >= 0.6 is 0 Å². The zero-order valence-electron chi connectivity index (χ0n) is 15.2. The lowest BCUT2D eigenvalue weighted by atomic mass is 9.79. The fourth-order valence-electron chi connectivity index (χ4n) is 4.14. The molecule has 0 atom stereocenters. The molecule has 0 aromatic carbocycles. The van der Waals surface area contributed by atoms with Crippen molar-refractivity contribution in [2.24, 2.45) is 5.92 Å². The molecule has 2 fully saturated rings. The van der Waals surface area contributed by atoms with Gasteiger partial charge in [0.25, 0.3) is 0 Å². The van der Waals surface area contributed by atoms with Crippen molar-refractivity contribution >= 4 is 28.4 Å². The minimum Gasteiger partial charge on any atom is -0.481 e. The number of anilines is 1. The number of hydrogen-bond donors (Lipinski definition) is 3. The van der Waals surface area contributed by atoms with Crippen LogP contribution in [0.2, 0.25) is 0 Å². The molecular weight excluding hydrogens is 346 g/mol. The van der Waals surface area contributed by atoms with Crippen molar-refractivity contribution in [2.75, 3.05) is 5.32 Å². The summed E-state index contributed by atoms with van der Waals surface area (Å²) in [6.45, 7) is 2.78. The maximum Gasteiger partial charge on any atom is 0.306 e. The van der Waals surface area contributed by atoms with Crippen molar-refractivity contribution in [3.63, 3.8) is 0 Å². The Hall–Kier alpha value is -2.61. The van der Waals surface area contributed by atoms with Crippen LogP contribution in [0.15, 0.2) is 18.5 Å². The maximum absolute atomic E-state index is 11.1. The first-order valence-electron chi connectivity index (χ1n) is 9.60.